The number of thiophene rings is 1. The summed E-state index contributed by atoms with van der Waals surface area (Å²) in [6, 6.07) is 2.21. The number of nitrogens with two attached hydrogens (primary N) is 1. The molecule has 4 heteroatoms. The topological polar surface area (TPSA) is 35.2 Å². The van der Waals surface area contributed by atoms with Gasteiger partial charge in [-0.15, -0.1) is 11.3 Å². The van der Waals surface area contributed by atoms with Crippen molar-refractivity contribution in [3.05, 3.63) is 20.8 Å². The van der Waals surface area contributed by atoms with E-state index in [0.29, 0.717) is 0 Å². The summed E-state index contributed by atoms with van der Waals surface area (Å²) in [5.74, 6) is 0. The fraction of sp³-hybridized carbons (Fsp3) is 0.636. The molecule has 1 aromatic heterocycles. The Hall–Kier alpha value is 0.100. The predicted molar refractivity (Wildman–Crippen MR) is 69.3 cm³/mol. The Morgan fingerprint density at radius 2 is 2.27 bits per heavy atom. The standard InChI is InChI=1S/C11H18BrNOS/c1-11(2,14-3)5-4-9(13)8-6-10(12)15-7-8/h6-7,9H,4-5,13H2,1-3H3. The summed E-state index contributed by atoms with van der Waals surface area (Å²) in [6.45, 7) is 4.17. The van der Waals surface area contributed by atoms with E-state index in [-0.39, 0.29) is 11.6 Å². The predicted octanol–water partition coefficient (Wildman–Crippen LogP) is 3.72. The fourth-order valence-corrected chi connectivity index (χ4v) is 2.53. The maximum Gasteiger partial charge on any atom is 0.0701 e. The van der Waals surface area contributed by atoms with Crippen molar-refractivity contribution >= 4 is 27.3 Å². The molecule has 0 saturated heterocycles. The van der Waals surface area contributed by atoms with Gasteiger partial charge in [-0.1, -0.05) is 0 Å². The molecule has 0 radical (unpaired) electrons. The molecule has 0 aromatic carbocycles. The van der Waals surface area contributed by atoms with Crippen LogP contribution in [0.5, 0.6) is 0 Å². The first-order chi connectivity index (χ1) is 6.94. The van der Waals surface area contributed by atoms with E-state index in [1.54, 1.807) is 18.4 Å². The van der Waals surface area contributed by atoms with Gasteiger partial charge in [-0.05, 0) is 59.6 Å². The van der Waals surface area contributed by atoms with Gasteiger partial charge in [0.25, 0.3) is 0 Å². The van der Waals surface area contributed by atoms with E-state index >= 15 is 0 Å². The van der Waals surface area contributed by atoms with Crippen molar-refractivity contribution in [2.45, 2.75) is 38.3 Å². The third-order valence-corrected chi connectivity index (χ3v) is 4.15. The first-order valence-corrected chi connectivity index (χ1v) is 6.66. The molecule has 86 valence electrons. The lowest BCUT2D eigenvalue weighted by atomic mass is 9.97. The van der Waals surface area contributed by atoms with Gasteiger partial charge in [0, 0.05) is 13.2 Å². The van der Waals surface area contributed by atoms with Crippen molar-refractivity contribution in [3.63, 3.8) is 0 Å². The highest BCUT2D eigenvalue weighted by Gasteiger charge is 2.18. The summed E-state index contributed by atoms with van der Waals surface area (Å²) >= 11 is 5.12. The normalized spacial score (nSPS) is 14.2. The van der Waals surface area contributed by atoms with Crippen LogP contribution in [-0.4, -0.2) is 12.7 Å². The van der Waals surface area contributed by atoms with Crippen LogP contribution in [-0.2, 0) is 4.74 Å². The van der Waals surface area contributed by atoms with Gasteiger partial charge in [0.15, 0.2) is 0 Å². The summed E-state index contributed by atoms with van der Waals surface area (Å²) in [7, 11) is 1.74. The Kier molecular flexibility index (Phi) is 4.77. The summed E-state index contributed by atoms with van der Waals surface area (Å²) in [5, 5.41) is 2.11. The van der Waals surface area contributed by atoms with Crippen LogP contribution in [0.25, 0.3) is 0 Å². The summed E-state index contributed by atoms with van der Waals surface area (Å²) in [6.07, 6.45) is 1.92. The maximum absolute atomic E-state index is 6.10. The molecule has 0 aliphatic heterocycles. The molecule has 0 aliphatic rings. The number of hydrogen-bond donors (Lipinski definition) is 1. The van der Waals surface area contributed by atoms with Crippen LogP contribution in [0.4, 0.5) is 0 Å². The van der Waals surface area contributed by atoms with E-state index in [4.69, 9.17) is 10.5 Å². The van der Waals surface area contributed by atoms with Gasteiger partial charge in [0.05, 0.1) is 9.39 Å². The number of rotatable bonds is 5. The molecule has 0 fully saturated rings. The van der Waals surface area contributed by atoms with Crippen molar-refractivity contribution in [2.75, 3.05) is 7.11 Å². The number of hydrogen-bond acceptors (Lipinski definition) is 3. The van der Waals surface area contributed by atoms with E-state index in [0.717, 1.165) is 16.6 Å². The monoisotopic (exact) mass is 291 g/mol. The molecule has 0 bridgehead atoms. The lowest BCUT2D eigenvalue weighted by molar-refractivity contribution is 0.0125. The van der Waals surface area contributed by atoms with Crippen LogP contribution in [0.2, 0.25) is 0 Å². The minimum absolute atomic E-state index is 0.0785. The molecule has 1 heterocycles. The molecule has 0 saturated carbocycles. The van der Waals surface area contributed by atoms with Crippen LogP contribution in [0, 0.1) is 0 Å². The van der Waals surface area contributed by atoms with E-state index in [1.807, 2.05) is 0 Å². The zero-order valence-electron chi connectivity index (χ0n) is 9.42. The molecule has 1 rings (SSSR count). The molecule has 15 heavy (non-hydrogen) atoms. The van der Waals surface area contributed by atoms with Crippen molar-refractivity contribution in [3.8, 4) is 0 Å². The number of methoxy groups -OCH3 is 1. The first kappa shape index (κ1) is 13.2. The second kappa shape index (κ2) is 5.43. The molecule has 1 unspecified atom stereocenters. The Balaban J connectivity index is 2.46. The van der Waals surface area contributed by atoms with Crippen LogP contribution >= 0.6 is 27.3 Å². The molecule has 2 nitrogen and oxygen atoms in total. The number of ether oxygens (including phenoxy) is 1. The molecule has 0 spiro atoms. The quantitative estimate of drug-likeness (QED) is 0.897. The van der Waals surface area contributed by atoms with Crippen LogP contribution in [0.3, 0.4) is 0 Å². The maximum atomic E-state index is 6.10. The molecular weight excluding hydrogens is 274 g/mol. The van der Waals surface area contributed by atoms with Crippen molar-refractivity contribution in [1.82, 2.24) is 0 Å². The molecular formula is C11H18BrNOS. The molecule has 2 N–H and O–H groups in total. The number of halogens is 1. The van der Waals surface area contributed by atoms with E-state index < -0.39 is 0 Å². The van der Waals surface area contributed by atoms with Crippen LogP contribution in [0.15, 0.2) is 15.2 Å². The molecule has 0 amide bonds. The van der Waals surface area contributed by atoms with Gasteiger partial charge >= 0.3 is 0 Å². The smallest absolute Gasteiger partial charge is 0.0701 e. The Morgan fingerprint density at radius 1 is 1.60 bits per heavy atom. The Bertz CT molecular complexity index is 311. The minimum atomic E-state index is -0.0785. The lowest BCUT2D eigenvalue weighted by Crippen LogP contribution is -2.24. The van der Waals surface area contributed by atoms with Gasteiger partial charge in [-0.3, -0.25) is 0 Å². The van der Waals surface area contributed by atoms with Crippen LogP contribution in [0.1, 0.15) is 38.3 Å². The molecule has 1 aromatic rings. The average Bonchev–Trinajstić information content (AvgIpc) is 2.61. The molecule has 0 aliphatic carbocycles. The molecule has 1 atom stereocenters. The Labute approximate surface area is 104 Å². The van der Waals surface area contributed by atoms with E-state index in [1.165, 1.54) is 5.56 Å². The third kappa shape index (κ3) is 4.23. The first-order valence-electron chi connectivity index (χ1n) is 4.99. The summed E-state index contributed by atoms with van der Waals surface area (Å²) in [4.78, 5) is 0. The largest absolute Gasteiger partial charge is 0.379 e. The zero-order valence-corrected chi connectivity index (χ0v) is 11.8. The van der Waals surface area contributed by atoms with Crippen molar-refractivity contribution < 1.29 is 4.74 Å². The van der Waals surface area contributed by atoms with Crippen molar-refractivity contribution in [1.29, 1.82) is 0 Å². The van der Waals surface area contributed by atoms with Gasteiger partial charge in [0.1, 0.15) is 0 Å². The highest BCUT2D eigenvalue weighted by molar-refractivity contribution is 9.11. The second-order valence-electron chi connectivity index (χ2n) is 4.29. The van der Waals surface area contributed by atoms with Gasteiger partial charge in [-0.2, -0.15) is 0 Å². The summed E-state index contributed by atoms with van der Waals surface area (Å²) < 4.78 is 6.50. The van der Waals surface area contributed by atoms with E-state index in [2.05, 4.69) is 41.2 Å². The van der Waals surface area contributed by atoms with Crippen molar-refractivity contribution in [2.24, 2.45) is 5.73 Å². The van der Waals surface area contributed by atoms with Gasteiger partial charge in [-0.25, -0.2) is 0 Å². The average molecular weight is 292 g/mol. The lowest BCUT2D eigenvalue weighted by Gasteiger charge is -2.24. The highest BCUT2D eigenvalue weighted by atomic mass is 79.9. The SMILES string of the molecule is COC(C)(C)CCC(N)c1csc(Br)c1. The minimum Gasteiger partial charge on any atom is -0.379 e. The van der Waals surface area contributed by atoms with E-state index in [9.17, 15) is 0 Å². The second-order valence-corrected chi connectivity index (χ2v) is 6.58. The van der Waals surface area contributed by atoms with Gasteiger partial charge < -0.3 is 10.5 Å². The van der Waals surface area contributed by atoms with Gasteiger partial charge in [0.2, 0.25) is 0 Å². The zero-order chi connectivity index (χ0) is 11.5. The third-order valence-electron chi connectivity index (χ3n) is 2.63. The Morgan fingerprint density at radius 3 is 2.73 bits per heavy atom. The summed E-state index contributed by atoms with van der Waals surface area (Å²) in [5.41, 5.74) is 7.23. The van der Waals surface area contributed by atoms with Crippen LogP contribution < -0.4 is 5.73 Å². The highest BCUT2D eigenvalue weighted by Crippen LogP contribution is 2.28. The fourth-order valence-electron chi connectivity index (χ4n) is 1.29.